The predicted molar refractivity (Wildman–Crippen MR) is 84.2 cm³/mol. The van der Waals surface area contributed by atoms with E-state index in [0.29, 0.717) is 12.0 Å². The highest BCUT2D eigenvalue weighted by molar-refractivity contribution is 6.00. The first kappa shape index (κ1) is 14.9. The molecule has 1 aliphatic carbocycles. The molecule has 0 radical (unpaired) electrons. The fourth-order valence-electron chi connectivity index (χ4n) is 2.51. The molecular weight excluding hydrogens is 248 g/mol. The van der Waals surface area contributed by atoms with Crippen molar-refractivity contribution in [1.82, 2.24) is 4.90 Å². The fraction of sp³-hybridized carbons (Fsp3) is 0.588. The highest BCUT2D eigenvalue weighted by Gasteiger charge is 2.34. The molecule has 1 aliphatic rings. The van der Waals surface area contributed by atoms with E-state index in [1.165, 1.54) is 5.56 Å². The van der Waals surface area contributed by atoms with E-state index in [0.717, 1.165) is 37.2 Å². The summed E-state index contributed by atoms with van der Waals surface area (Å²) in [7, 11) is 0. The lowest BCUT2D eigenvalue weighted by molar-refractivity contribution is 0.0723. The van der Waals surface area contributed by atoms with Gasteiger partial charge in [-0.15, -0.1) is 0 Å². The summed E-state index contributed by atoms with van der Waals surface area (Å²) in [6, 6.07) is 6.51. The second-order valence-corrected chi connectivity index (χ2v) is 6.16. The van der Waals surface area contributed by atoms with Gasteiger partial charge in [-0.05, 0) is 50.3 Å². The third-order valence-electron chi connectivity index (χ3n) is 3.58. The van der Waals surface area contributed by atoms with Crippen molar-refractivity contribution in [3.05, 3.63) is 29.3 Å². The summed E-state index contributed by atoms with van der Waals surface area (Å²) in [4.78, 5) is 14.9. The maximum atomic E-state index is 12.9. The molecule has 0 heterocycles. The van der Waals surface area contributed by atoms with E-state index in [2.05, 4.69) is 44.0 Å². The van der Waals surface area contributed by atoms with Gasteiger partial charge in [0, 0.05) is 24.8 Å². The standard InChI is InChI=1S/C17H26N2O/c1-5-18-16-10-13(4)6-9-15(16)17(20)19(11-12(2)3)14-7-8-14/h6,9-10,12,14,18H,5,7-8,11H2,1-4H3. The van der Waals surface area contributed by atoms with Crippen LogP contribution < -0.4 is 5.32 Å². The van der Waals surface area contributed by atoms with Gasteiger partial charge >= 0.3 is 0 Å². The molecule has 110 valence electrons. The molecule has 1 fully saturated rings. The van der Waals surface area contributed by atoms with E-state index in [1.54, 1.807) is 0 Å². The molecule has 0 saturated heterocycles. The van der Waals surface area contributed by atoms with Gasteiger partial charge in [0.1, 0.15) is 0 Å². The summed E-state index contributed by atoms with van der Waals surface area (Å²) in [5.41, 5.74) is 2.95. The fourth-order valence-corrected chi connectivity index (χ4v) is 2.51. The van der Waals surface area contributed by atoms with Gasteiger partial charge in [-0.2, -0.15) is 0 Å². The second-order valence-electron chi connectivity index (χ2n) is 6.16. The molecule has 3 nitrogen and oxygen atoms in total. The summed E-state index contributed by atoms with van der Waals surface area (Å²) < 4.78 is 0. The molecule has 0 aliphatic heterocycles. The Morgan fingerprint density at radius 2 is 2.10 bits per heavy atom. The number of hydrogen-bond donors (Lipinski definition) is 1. The van der Waals surface area contributed by atoms with Gasteiger partial charge in [0.25, 0.3) is 5.91 Å². The number of anilines is 1. The monoisotopic (exact) mass is 274 g/mol. The molecule has 0 aromatic heterocycles. The SMILES string of the molecule is CCNc1cc(C)ccc1C(=O)N(CC(C)C)C1CC1. The lowest BCUT2D eigenvalue weighted by Crippen LogP contribution is -2.36. The van der Waals surface area contributed by atoms with Crippen molar-refractivity contribution >= 4 is 11.6 Å². The molecule has 1 aromatic carbocycles. The minimum absolute atomic E-state index is 0.178. The summed E-state index contributed by atoms with van der Waals surface area (Å²) in [5.74, 6) is 0.685. The second kappa shape index (κ2) is 6.29. The number of carbonyl (C=O) groups excluding carboxylic acids is 1. The van der Waals surface area contributed by atoms with Crippen LogP contribution >= 0.6 is 0 Å². The Morgan fingerprint density at radius 1 is 1.40 bits per heavy atom. The number of hydrogen-bond acceptors (Lipinski definition) is 2. The van der Waals surface area contributed by atoms with Crippen molar-refractivity contribution in [3.8, 4) is 0 Å². The number of nitrogens with zero attached hydrogens (tertiary/aromatic N) is 1. The Hall–Kier alpha value is -1.51. The molecule has 0 atom stereocenters. The van der Waals surface area contributed by atoms with Crippen LogP contribution in [0.5, 0.6) is 0 Å². The van der Waals surface area contributed by atoms with Crippen molar-refractivity contribution in [3.63, 3.8) is 0 Å². The third-order valence-corrected chi connectivity index (χ3v) is 3.58. The molecule has 3 heteroatoms. The van der Waals surface area contributed by atoms with Crippen molar-refractivity contribution in [2.24, 2.45) is 5.92 Å². The maximum Gasteiger partial charge on any atom is 0.256 e. The van der Waals surface area contributed by atoms with Crippen LogP contribution in [-0.2, 0) is 0 Å². The highest BCUT2D eigenvalue weighted by Crippen LogP contribution is 2.30. The first-order valence-corrected chi connectivity index (χ1v) is 7.68. The summed E-state index contributed by atoms with van der Waals surface area (Å²) in [6.45, 7) is 10.1. The smallest absolute Gasteiger partial charge is 0.256 e. The molecule has 1 aromatic rings. The molecular formula is C17H26N2O. The van der Waals surface area contributed by atoms with E-state index in [9.17, 15) is 4.79 Å². The van der Waals surface area contributed by atoms with Crippen molar-refractivity contribution in [2.75, 3.05) is 18.4 Å². The largest absolute Gasteiger partial charge is 0.385 e. The zero-order valence-electron chi connectivity index (χ0n) is 13.1. The van der Waals surface area contributed by atoms with E-state index < -0.39 is 0 Å². The lowest BCUT2D eigenvalue weighted by atomic mass is 10.1. The zero-order chi connectivity index (χ0) is 14.7. The van der Waals surface area contributed by atoms with E-state index in [4.69, 9.17) is 0 Å². The predicted octanol–water partition coefficient (Wildman–Crippen LogP) is 3.69. The Morgan fingerprint density at radius 3 is 2.65 bits per heavy atom. The summed E-state index contributed by atoms with van der Waals surface area (Å²) in [6.07, 6.45) is 2.31. The number of rotatable bonds is 6. The van der Waals surface area contributed by atoms with Gasteiger partial charge in [-0.25, -0.2) is 0 Å². The molecule has 2 rings (SSSR count). The number of benzene rings is 1. The van der Waals surface area contributed by atoms with Crippen LogP contribution in [0.25, 0.3) is 0 Å². The molecule has 20 heavy (non-hydrogen) atoms. The highest BCUT2D eigenvalue weighted by atomic mass is 16.2. The van der Waals surface area contributed by atoms with Gasteiger partial charge in [0.2, 0.25) is 0 Å². The quantitative estimate of drug-likeness (QED) is 0.858. The van der Waals surface area contributed by atoms with Crippen LogP contribution in [0, 0.1) is 12.8 Å². The first-order chi connectivity index (χ1) is 9.52. The average molecular weight is 274 g/mol. The van der Waals surface area contributed by atoms with Crippen molar-refractivity contribution in [2.45, 2.75) is 46.6 Å². The Balaban J connectivity index is 2.26. The lowest BCUT2D eigenvalue weighted by Gasteiger charge is -2.25. The van der Waals surface area contributed by atoms with Gasteiger partial charge < -0.3 is 10.2 Å². The number of nitrogens with one attached hydrogen (secondary N) is 1. The normalized spacial score (nSPS) is 14.4. The van der Waals surface area contributed by atoms with E-state index >= 15 is 0 Å². The van der Waals surface area contributed by atoms with E-state index in [-0.39, 0.29) is 5.91 Å². The number of carbonyl (C=O) groups is 1. The maximum absolute atomic E-state index is 12.9. The molecule has 0 bridgehead atoms. The topological polar surface area (TPSA) is 32.3 Å². The average Bonchev–Trinajstić information content (AvgIpc) is 3.20. The first-order valence-electron chi connectivity index (χ1n) is 7.68. The Kier molecular flexibility index (Phi) is 4.69. The van der Waals surface area contributed by atoms with Gasteiger partial charge in [0.15, 0.2) is 0 Å². The van der Waals surface area contributed by atoms with E-state index in [1.807, 2.05) is 12.1 Å². The van der Waals surface area contributed by atoms with Crippen molar-refractivity contribution < 1.29 is 4.79 Å². The molecule has 1 N–H and O–H groups in total. The molecule has 0 spiro atoms. The van der Waals surface area contributed by atoms with Crippen LogP contribution in [0.1, 0.15) is 49.5 Å². The number of aryl methyl sites for hydroxylation is 1. The van der Waals surface area contributed by atoms with Crippen LogP contribution in [-0.4, -0.2) is 29.9 Å². The van der Waals surface area contributed by atoms with Gasteiger partial charge in [-0.3, -0.25) is 4.79 Å². The number of amides is 1. The summed E-state index contributed by atoms with van der Waals surface area (Å²) >= 11 is 0. The van der Waals surface area contributed by atoms with Crippen LogP contribution in [0.3, 0.4) is 0 Å². The van der Waals surface area contributed by atoms with Crippen LogP contribution in [0.4, 0.5) is 5.69 Å². The zero-order valence-corrected chi connectivity index (χ0v) is 13.1. The van der Waals surface area contributed by atoms with Gasteiger partial charge in [-0.1, -0.05) is 19.9 Å². The molecule has 0 unspecified atom stereocenters. The Labute approximate surface area is 122 Å². The molecule has 1 amide bonds. The minimum atomic E-state index is 0.178. The third kappa shape index (κ3) is 3.53. The Bertz CT molecular complexity index is 478. The van der Waals surface area contributed by atoms with Crippen LogP contribution in [0.15, 0.2) is 18.2 Å². The van der Waals surface area contributed by atoms with Crippen LogP contribution in [0.2, 0.25) is 0 Å². The van der Waals surface area contributed by atoms with Gasteiger partial charge in [0.05, 0.1) is 5.56 Å². The minimum Gasteiger partial charge on any atom is -0.385 e. The van der Waals surface area contributed by atoms with Crippen molar-refractivity contribution in [1.29, 1.82) is 0 Å². The summed E-state index contributed by atoms with van der Waals surface area (Å²) in [5, 5.41) is 3.32. The molecule has 1 saturated carbocycles.